The molecule has 0 fully saturated rings. The molecule has 98 valence electrons. The second-order valence-electron chi connectivity index (χ2n) is 3.76. The molecule has 1 rings (SSSR count). The van der Waals surface area contributed by atoms with Crippen molar-refractivity contribution in [3.8, 4) is 0 Å². The van der Waals surface area contributed by atoms with Crippen LogP contribution in [0.25, 0.3) is 0 Å². The number of urea groups is 1. The van der Waals surface area contributed by atoms with E-state index in [0.717, 1.165) is 5.69 Å². The fraction of sp³-hybridized carbons (Fsp3) is 0.455. The summed E-state index contributed by atoms with van der Waals surface area (Å²) in [6.45, 7) is 2.45. The topological polar surface area (TPSA) is 104 Å². The third-order valence-corrected chi connectivity index (χ3v) is 2.12. The van der Waals surface area contributed by atoms with Gasteiger partial charge in [-0.1, -0.05) is 0 Å². The van der Waals surface area contributed by atoms with Gasteiger partial charge >= 0.3 is 12.0 Å². The van der Waals surface area contributed by atoms with E-state index in [1.807, 2.05) is 6.92 Å². The average molecular weight is 252 g/mol. The quantitative estimate of drug-likeness (QED) is 0.637. The molecule has 0 aliphatic carbocycles. The SMILES string of the molecule is Cc1cnc(CNC(=O)NCCCC(=O)O)cn1. The molecule has 0 saturated carbocycles. The number of hydrogen-bond acceptors (Lipinski definition) is 4. The van der Waals surface area contributed by atoms with Gasteiger partial charge in [0.05, 0.1) is 24.1 Å². The number of nitrogens with zero attached hydrogens (tertiary/aromatic N) is 2. The van der Waals surface area contributed by atoms with E-state index in [9.17, 15) is 9.59 Å². The number of amides is 2. The van der Waals surface area contributed by atoms with E-state index >= 15 is 0 Å². The van der Waals surface area contributed by atoms with Gasteiger partial charge in [0, 0.05) is 19.2 Å². The van der Waals surface area contributed by atoms with Gasteiger partial charge < -0.3 is 15.7 Å². The Morgan fingerprint density at radius 2 is 2.06 bits per heavy atom. The van der Waals surface area contributed by atoms with Crippen LogP contribution >= 0.6 is 0 Å². The van der Waals surface area contributed by atoms with E-state index in [4.69, 9.17) is 5.11 Å². The van der Waals surface area contributed by atoms with E-state index in [-0.39, 0.29) is 19.0 Å². The summed E-state index contributed by atoms with van der Waals surface area (Å²) in [6, 6.07) is -0.345. The fourth-order valence-corrected chi connectivity index (χ4v) is 1.19. The van der Waals surface area contributed by atoms with Crippen molar-refractivity contribution < 1.29 is 14.7 Å². The van der Waals surface area contributed by atoms with Gasteiger partial charge in [-0.15, -0.1) is 0 Å². The van der Waals surface area contributed by atoms with Crippen LogP contribution in [0.4, 0.5) is 4.79 Å². The molecule has 7 heteroatoms. The maximum atomic E-state index is 11.3. The monoisotopic (exact) mass is 252 g/mol. The molecule has 0 atom stereocenters. The lowest BCUT2D eigenvalue weighted by Crippen LogP contribution is -2.35. The Kier molecular flexibility index (Phi) is 5.56. The standard InChI is InChI=1S/C11H16N4O3/c1-8-5-14-9(6-13-8)7-15-11(18)12-4-2-3-10(16)17/h5-6H,2-4,7H2,1H3,(H,16,17)(H2,12,15,18). The molecule has 1 aromatic heterocycles. The average Bonchev–Trinajstić information content (AvgIpc) is 2.34. The van der Waals surface area contributed by atoms with Gasteiger partial charge in [-0.25, -0.2) is 4.79 Å². The van der Waals surface area contributed by atoms with Crippen molar-refractivity contribution in [1.82, 2.24) is 20.6 Å². The van der Waals surface area contributed by atoms with Gasteiger partial charge in [-0.05, 0) is 13.3 Å². The van der Waals surface area contributed by atoms with Crippen molar-refractivity contribution in [3.05, 3.63) is 23.8 Å². The minimum absolute atomic E-state index is 0.0454. The minimum atomic E-state index is -0.868. The van der Waals surface area contributed by atoms with E-state index in [1.54, 1.807) is 12.4 Å². The van der Waals surface area contributed by atoms with Gasteiger partial charge in [0.25, 0.3) is 0 Å². The van der Waals surface area contributed by atoms with E-state index < -0.39 is 5.97 Å². The first-order valence-corrected chi connectivity index (χ1v) is 5.59. The second kappa shape index (κ2) is 7.21. The van der Waals surface area contributed by atoms with Gasteiger partial charge in [-0.2, -0.15) is 0 Å². The summed E-state index contributed by atoms with van der Waals surface area (Å²) < 4.78 is 0. The summed E-state index contributed by atoms with van der Waals surface area (Å²) in [7, 11) is 0. The summed E-state index contributed by atoms with van der Waals surface area (Å²) in [4.78, 5) is 29.7. The highest BCUT2D eigenvalue weighted by Gasteiger charge is 2.02. The Morgan fingerprint density at radius 1 is 1.28 bits per heavy atom. The van der Waals surface area contributed by atoms with E-state index in [2.05, 4.69) is 20.6 Å². The van der Waals surface area contributed by atoms with E-state index in [0.29, 0.717) is 18.7 Å². The molecular formula is C11H16N4O3. The maximum absolute atomic E-state index is 11.3. The van der Waals surface area contributed by atoms with Crippen molar-refractivity contribution in [1.29, 1.82) is 0 Å². The molecule has 0 aromatic carbocycles. The van der Waals surface area contributed by atoms with Gasteiger partial charge in [0.2, 0.25) is 0 Å². The fourth-order valence-electron chi connectivity index (χ4n) is 1.19. The van der Waals surface area contributed by atoms with Crippen LogP contribution in [0.5, 0.6) is 0 Å². The van der Waals surface area contributed by atoms with Gasteiger partial charge in [-0.3, -0.25) is 14.8 Å². The number of hydrogen-bond donors (Lipinski definition) is 3. The number of aromatic nitrogens is 2. The van der Waals surface area contributed by atoms with Crippen LogP contribution in [0.3, 0.4) is 0 Å². The summed E-state index contributed by atoms with van der Waals surface area (Å²) in [5.74, 6) is -0.868. The van der Waals surface area contributed by atoms with Crippen LogP contribution in [0, 0.1) is 6.92 Å². The molecule has 1 heterocycles. The number of nitrogens with one attached hydrogen (secondary N) is 2. The summed E-state index contributed by atoms with van der Waals surface area (Å²) in [5.41, 5.74) is 1.48. The Hall–Kier alpha value is -2.18. The largest absolute Gasteiger partial charge is 0.481 e. The summed E-state index contributed by atoms with van der Waals surface area (Å²) in [6.07, 6.45) is 3.68. The lowest BCUT2D eigenvalue weighted by atomic mass is 10.3. The van der Waals surface area contributed by atoms with Crippen LogP contribution in [0.2, 0.25) is 0 Å². The predicted octanol–water partition coefficient (Wildman–Crippen LogP) is 0.449. The van der Waals surface area contributed by atoms with Gasteiger partial charge in [0.1, 0.15) is 0 Å². The smallest absolute Gasteiger partial charge is 0.315 e. The highest BCUT2D eigenvalue weighted by Crippen LogP contribution is 1.93. The van der Waals surface area contributed by atoms with Crippen molar-refractivity contribution in [2.45, 2.75) is 26.3 Å². The molecule has 0 saturated heterocycles. The first-order chi connectivity index (χ1) is 8.58. The molecule has 0 bridgehead atoms. The number of aliphatic carboxylic acids is 1. The molecule has 0 spiro atoms. The summed E-state index contributed by atoms with van der Waals surface area (Å²) in [5, 5.41) is 13.6. The van der Waals surface area contributed by atoms with Crippen molar-refractivity contribution in [2.75, 3.05) is 6.54 Å². The highest BCUT2D eigenvalue weighted by molar-refractivity contribution is 5.73. The minimum Gasteiger partial charge on any atom is -0.481 e. The number of carboxylic acids is 1. The number of aryl methyl sites for hydroxylation is 1. The Balaban J connectivity index is 2.17. The lowest BCUT2D eigenvalue weighted by molar-refractivity contribution is -0.137. The molecule has 18 heavy (non-hydrogen) atoms. The first kappa shape index (κ1) is 13.9. The molecule has 0 unspecified atom stereocenters. The molecular weight excluding hydrogens is 236 g/mol. The molecule has 0 aliphatic rings. The first-order valence-electron chi connectivity index (χ1n) is 5.59. The summed E-state index contributed by atoms with van der Waals surface area (Å²) >= 11 is 0. The van der Waals surface area contributed by atoms with Crippen LogP contribution in [0.15, 0.2) is 12.4 Å². The Morgan fingerprint density at radius 3 is 2.67 bits per heavy atom. The molecule has 0 radical (unpaired) electrons. The zero-order valence-electron chi connectivity index (χ0n) is 10.1. The van der Waals surface area contributed by atoms with Crippen LogP contribution in [-0.4, -0.2) is 33.6 Å². The van der Waals surface area contributed by atoms with Crippen molar-refractivity contribution in [2.24, 2.45) is 0 Å². The molecule has 7 nitrogen and oxygen atoms in total. The highest BCUT2D eigenvalue weighted by atomic mass is 16.4. The Labute approximate surface area is 105 Å². The van der Waals surface area contributed by atoms with Crippen LogP contribution in [0.1, 0.15) is 24.2 Å². The van der Waals surface area contributed by atoms with Gasteiger partial charge in [0.15, 0.2) is 0 Å². The molecule has 2 amide bonds. The molecule has 0 aliphatic heterocycles. The Bertz CT molecular complexity index is 405. The zero-order valence-corrected chi connectivity index (χ0v) is 10.1. The van der Waals surface area contributed by atoms with Crippen molar-refractivity contribution in [3.63, 3.8) is 0 Å². The third kappa shape index (κ3) is 5.78. The normalized spacial score (nSPS) is 9.83. The number of rotatable bonds is 6. The van der Waals surface area contributed by atoms with Crippen molar-refractivity contribution >= 4 is 12.0 Å². The number of carbonyl (C=O) groups excluding carboxylic acids is 1. The van der Waals surface area contributed by atoms with Crippen LogP contribution < -0.4 is 10.6 Å². The number of carbonyl (C=O) groups is 2. The zero-order chi connectivity index (χ0) is 13.4. The number of carboxylic acid groups (broad SMARTS) is 1. The van der Waals surface area contributed by atoms with Crippen LogP contribution in [-0.2, 0) is 11.3 Å². The maximum Gasteiger partial charge on any atom is 0.315 e. The van der Waals surface area contributed by atoms with E-state index in [1.165, 1.54) is 0 Å². The molecule has 1 aromatic rings. The molecule has 3 N–H and O–H groups in total. The predicted molar refractivity (Wildman–Crippen MR) is 63.9 cm³/mol. The third-order valence-electron chi connectivity index (χ3n) is 2.12. The lowest BCUT2D eigenvalue weighted by Gasteiger charge is -2.06. The second-order valence-corrected chi connectivity index (χ2v) is 3.76.